The van der Waals surface area contributed by atoms with Crippen LogP contribution in [0.15, 0.2) is 48.5 Å². The average molecular weight is 498 g/mol. The van der Waals surface area contributed by atoms with Gasteiger partial charge in [0.25, 0.3) is 0 Å². The fourth-order valence-electron chi connectivity index (χ4n) is 4.85. The number of halogens is 1. The van der Waals surface area contributed by atoms with Crippen LogP contribution in [0.2, 0.25) is 0 Å². The Hall–Kier alpha value is -2.54. The van der Waals surface area contributed by atoms with Crippen LogP contribution >= 0.6 is 0 Å². The van der Waals surface area contributed by atoms with Crippen molar-refractivity contribution in [2.45, 2.75) is 71.1 Å². The summed E-state index contributed by atoms with van der Waals surface area (Å²) >= 11 is 0. The van der Waals surface area contributed by atoms with E-state index in [2.05, 4.69) is 11.8 Å². The number of aliphatic hydroxyl groups excluding tert-OH is 1. The van der Waals surface area contributed by atoms with Crippen molar-refractivity contribution in [2.75, 3.05) is 26.3 Å². The van der Waals surface area contributed by atoms with Gasteiger partial charge in [0.1, 0.15) is 5.82 Å². The summed E-state index contributed by atoms with van der Waals surface area (Å²) in [7, 11) is 0. The van der Waals surface area contributed by atoms with E-state index in [0.717, 1.165) is 55.3 Å². The molecule has 0 radical (unpaired) electrons. The highest BCUT2D eigenvalue weighted by molar-refractivity contribution is 5.87. The van der Waals surface area contributed by atoms with Crippen LogP contribution in [0.3, 0.4) is 0 Å². The maximum atomic E-state index is 14.0. The number of ether oxygens (including phenoxy) is 2. The zero-order chi connectivity index (χ0) is 25.9. The Morgan fingerprint density at radius 2 is 2.06 bits per heavy atom. The topological polar surface area (TPSA) is 59.0 Å². The molecule has 0 amide bonds. The third-order valence-electron chi connectivity index (χ3n) is 6.72. The summed E-state index contributed by atoms with van der Waals surface area (Å²) in [6.45, 7) is 7.68. The minimum absolute atomic E-state index is 0.162. The molecule has 1 heterocycles. The van der Waals surface area contributed by atoms with E-state index < -0.39 is 6.10 Å². The Labute approximate surface area is 214 Å². The molecule has 1 aliphatic rings. The number of carbonyl (C=O) groups is 1. The van der Waals surface area contributed by atoms with Gasteiger partial charge in [-0.3, -0.25) is 4.90 Å². The van der Waals surface area contributed by atoms with E-state index in [4.69, 9.17) is 9.47 Å². The molecule has 0 aliphatic carbocycles. The van der Waals surface area contributed by atoms with Crippen molar-refractivity contribution in [1.29, 1.82) is 0 Å². The van der Waals surface area contributed by atoms with Gasteiger partial charge in [-0.25, -0.2) is 9.18 Å². The van der Waals surface area contributed by atoms with Crippen LogP contribution < -0.4 is 0 Å². The number of aryl methyl sites for hydroxylation is 1. The van der Waals surface area contributed by atoms with Gasteiger partial charge in [-0.1, -0.05) is 49.7 Å². The lowest BCUT2D eigenvalue weighted by Gasteiger charge is -2.28. The predicted molar refractivity (Wildman–Crippen MR) is 141 cm³/mol. The van der Waals surface area contributed by atoms with E-state index >= 15 is 0 Å². The van der Waals surface area contributed by atoms with Gasteiger partial charge >= 0.3 is 5.97 Å². The fraction of sp³-hybridized carbons (Fsp3) is 0.500. The molecular weight excluding hydrogens is 457 g/mol. The van der Waals surface area contributed by atoms with E-state index in [-0.39, 0.29) is 24.5 Å². The molecule has 36 heavy (non-hydrogen) atoms. The van der Waals surface area contributed by atoms with Crippen molar-refractivity contribution in [3.63, 3.8) is 0 Å². The number of carbonyl (C=O) groups excluding carboxylic acids is 1. The van der Waals surface area contributed by atoms with Crippen LogP contribution in [0.25, 0.3) is 6.08 Å². The molecule has 5 nitrogen and oxygen atoms in total. The molecule has 0 saturated carbocycles. The predicted octanol–water partition coefficient (Wildman–Crippen LogP) is 5.64. The monoisotopic (exact) mass is 497 g/mol. The van der Waals surface area contributed by atoms with Gasteiger partial charge < -0.3 is 14.6 Å². The number of hydrogen-bond donors (Lipinski definition) is 1. The number of hydrogen-bond acceptors (Lipinski definition) is 5. The molecular formula is C30H40FNO4. The molecule has 196 valence electrons. The largest absolute Gasteiger partial charge is 0.463 e. The zero-order valence-electron chi connectivity index (χ0n) is 21.8. The van der Waals surface area contributed by atoms with E-state index in [1.165, 1.54) is 6.08 Å². The van der Waals surface area contributed by atoms with E-state index in [1.54, 1.807) is 26.0 Å². The van der Waals surface area contributed by atoms with Crippen LogP contribution in [0.1, 0.15) is 67.9 Å². The van der Waals surface area contributed by atoms with Crippen molar-refractivity contribution in [3.05, 3.63) is 76.6 Å². The Balaban J connectivity index is 1.59. The van der Waals surface area contributed by atoms with Gasteiger partial charge in [0.05, 0.1) is 25.4 Å². The molecule has 2 aromatic rings. The number of nitrogens with zero attached hydrogens (tertiary/aromatic N) is 1. The number of benzene rings is 2. The first kappa shape index (κ1) is 28.0. The molecule has 0 unspecified atom stereocenters. The van der Waals surface area contributed by atoms with Crippen LogP contribution in [0, 0.1) is 12.7 Å². The van der Waals surface area contributed by atoms with Crippen molar-refractivity contribution < 1.29 is 23.8 Å². The highest BCUT2D eigenvalue weighted by Gasteiger charge is 2.27. The summed E-state index contributed by atoms with van der Waals surface area (Å²) in [5.41, 5.74) is 3.56. The molecule has 1 aliphatic heterocycles. The number of aliphatic hydroxyl groups is 1. The van der Waals surface area contributed by atoms with Gasteiger partial charge in [0.15, 0.2) is 0 Å². The van der Waals surface area contributed by atoms with Crippen LogP contribution in [0.5, 0.6) is 0 Å². The van der Waals surface area contributed by atoms with E-state index in [0.29, 0.717) is 24.8 Å². The number of rotatable bonds is 13. The second kappa shape index (κ2) is 14.3. The minimum atomic E-state index is -0.623. The number of esters is 1. The smallest absolute Gasteiger partial charge is 0.330 e. The molecule has 0 spiro atoms. The molecule has 6 heteroatoms. The van der Waals surface area contributed by atoms with Gasteiger partial charge in [0, 0.05) is 18.7 Å². The highest BCUT2D eigenvalue weighted by atomic mass is 19.1. The van der Waals surface area contributed by atoms with Crippen molar-refractivity contribution in [1.82, 2.24) is 4.90 Å². The van der Waals surface area contributed by atoms with Crippen LogP contribution in [0.4, 0.5) is 4.39 Å². The molecule has 3 atom stereocenters. The lowest BCUT2D eigenvalue weighted by Crippen LogP contribution is -2.39. The molecule has 0 bridgehead atoms. The molecule has 1 N–H and O–H groups in total. The SMILES string of the molecule is CCC[C@@H](OC[C@H](O)CN1CCC[C@H]1Cc1ccc(C)c(F)c1)c1ccccc1/C=C/C(=O)OCC. The second-order valence-corrected chi connectivity index (χ2v) is 9.56. The average Bonchev–Trinajstić information content (AvgIpc) is 3.29. The Morgan fingerprint density at radius 3 is 2.81 bits per heavy atom. The van der Waals surface area contributed by atoms with Crippen LogP contribution in [-0.4, -0.2) is 54.4 Å². The van der Waals surface area contributed by atoms with Crippen molar-refractivity contribution in [3.8, 4) is 0 Å². The summed E-state index contributed by atoms with van der Waals surface area (Å²) in [4.78, 5) is 14.1. The van der Waals surface area contributed by atoms with Gasteiger partial charge in [-0.15, -0.1) is 0 Å². The standard InChI is InChI=1S/C30H40FNO4/c1-4-9-29(27-12-7-6-10-24(27)15-16-30(34)35-5-2)36-21-26(33)20-32-17-8-11-25(32)18-23-14-13-22(3)28(31)19-23/h6-7,10,12-16,19,25-26,29,33H,4-5,8-9,11,17-18,20-21H2,1-3H3/b16-15+/t25-,26+,29+/m0/s1. The molecule has 0 aromatic heterocycles. The normalized spacial score (nSPS) is 18.0. The van der Waals surface area contributed by atoms with Crippen molar-refractivity contribution in [2.24, 2.45) is 0 Å². The first-order valence-electron chi connectivity index (χ1n) is 13.1. The number of likely N-dealkylation sites (tertiary alicyclic amines) is 1. The summed E-state index contributed by atoms with van der Waals surface area (Å²) in [5.74, 6) is -0.533. The second-order valence-electron chi connectivity index (χ2n) is 9.56. The maximum absolute atomic E-state index is 14.0. The molecule has 2 aromatic carbocycles. The number of β-amino-alcohol motifs (C(OH)–C–C–N with tert-alkyl or cyclic N) is 1. The summed E-state index contributed by atoms with van der Waals surface area (Å²) in [6.07, 6.45) is 7.03. The third-order valence-corrected chi connectivity index (χ3v) is 6.72. The lowest BCUT2D eigenvalue weighted by molar-refractivity contribution is -0.137. The van der Waals surface area contributed by atoms with Crippen molar-refractivity contribution >= 4 is 12.0 Å². The van der Waals surface area contributed by atoms with Gasteiger partial charge in [-0.05, 0) is 80.5 Å². The molecule has 1 fully saturated rings. The minimum Gasteiger partial charge on any atom is -0.463 e. The molecule has 3 rings (SSSR count). The quantitative estimate of drug-likeness (QED) is 0.287. The lowest BCUT2D eigenvalue weighted by atomic mass is 9.98. The van der Waals surface area contributed by atoms with E-state index in [9.17, 15) is 14.3 Å². The zero-order valence-corrected chi connectivity index (χ0v) is 21.8. The molecule has 1 saturated heterocycles. The highest BCUT2D eigenvalue weighted by Crippen LogP contribution is 2.28. The summed E-state index contributed by atoms with van der Waals surface area (Å²) < 4.78 is 25.2. The Morgan fingerprint density at radius 1 is 1.25 bits per heavy atom. The first-order chi connectivity index (χ1) is 17.4. The summed E-state index contributed by atoms with van der Waals surface area (Å²) in [6, 6.07) is 13.6. The first-order valence-corrected chi connectivity index (χ1v) is 13.1. The van der Waals surface area contributed by atoms with Crippen LogP contribution in [-0.2, 0) is 20.7 Å². The Kier molecular flexibility index (Phi) is 11.1. The Bertz CT molecular complexity index is 1010. The maximum Gasteiger partial charge on any atom is 0.330 e. The summed E-state index contributed by atoms with van der Waals surface area (Å²) in [5, 5.41) is 10.8. The third kappa shape index (κ3) is 8.26. The van der Waals surface area contributed by atoms with Gasteiger partial charge in [-0.2, -0.15) is 0 Å². The van der Waals surface area contributed by atoms with Gasteiger partial charge in [0.2, 0.25) is 0 Å². The van der Waals surface area contributed by atoms with E-state index in [1.807, 2.05) is 36.4 Å². The fourth-order valence-corrected chi connectivity index (χ4v) is 4.85.